The minimum Gasteiger partial charge on any atom is -0.352 e. The van der Waals surface area contributed by atoms with E-state index in [1.807, 2.05) is 31.2 Å². The third-order valence-corrected chi connectivity index (χ3v) is 7.35. The molecule has 8 heteroatoms. The molecule has 7 nitrogen and oxygen atoms in total. The van der Waals surface area contributed by atoms with Crippen molar-refractivity contribution in [3.63, 3.8) is 0 Å². The zero-order chi connectivity index (χ0) is 24.5. The van der Waals surface area contributed by atoms with Crippen LogP contribution >= 0.6 is 11.8 Å². The summed E-state index contributed by atoms with van der Waals surface area (Å²) in [5.41, 5.74) is 3.07. The van der Waals surface area contributed by atoms with Gasteiger partial charge in [0.1, 0.15) is 6.04 Å². The van der Waals surface area contributed by atoms with Crippen LogP contribution in [-0.2, 0) is 21.9 Å². The van der Waals surface area contributed by atoms with Gasteiger partial charge in [0.2, 0.25) is 11.8 Å². The van der Waals surface area contributed by atoms with E-state index in [-0.39, 0.29) is 29.3 Å². The Morgan fingerprint density at radius 3 is 2.44 bits per heavy atom. The minimum atomic E-state index is -0.575. The van der Waals surface area contributed by atoms with Crippen LogP contribution in [0.1, 0.15) is 55.7 Å². The van der Waals surface area contributed by atoms with Crippen LogP contribution in [0.3, 0.4) is 0 Å². The van der Waals surface area contributed by atoms with Crippen molar-refractivity contribution in [3.05, 3.63) is 75.3 Å². The van der Waals surface area contributed by atoms with Crippen molar-refractivity contribution < 1.29 is 14.5 Å². The van der Waals surface area contributed by atoms with Gasteiger partial charge in [0.15, 0.2) is 0 Å². The van der Waals surface area contributed by atoms with Gasteiger partial charge in [-0.05, 0) is 43.4 Å². The van der Waals surface area contributed by atoms with Gasteiger partial charge >= 0.3 is 0 Å². The largest absolute Gasteiger partial charge is 0.352 e. The molecule has 1 saturated carbocycles. The summed E-state index contributed by atoms with van der Waals surface area (Å²) in [5, 5.41) is 14.0. The Morgan fingerprint density at radius 2 is 1.79 bits per heavy atom. The first-order valence-electron chi connectivity index (χ1n) is 11.8. The van der Waals surface area contributed by atoms with Gasteiger partial charge in [-0.2, -0.15) is 0 Å². The molecular formula is C26H33N3O4S. The van der Waals surface area contributed by atoms with Gasteiger partial charge in [0.05, 0.1) is 10.7 Å². The first-order chi connectivity index (χ1) is 16.3. The summed E-state index contributed by atoms with van der Waals surface area (Å²) in [6, 6.07) is 13.9. The zero-order valence-electron chi connectivity index (χ0n) is 19.9. The van der Waals surface area contributed by atoms with Crippen LogP contribution in [0, 0.1) is 17.0 Å². The second-order valence-corrected chi connectivity index (χ2v) is 9.87. The fourth-order valence-electron chi connectivity index (χ4n) is 4.18. The monoisotopic (exact) mass is 483 g/mol. The second-order valence-electron chi connectivity index (χ2n) is 8.88. The van der Waals surface area contributed by atoms with E-state index in [9.17, 15) is 19.7 Å². The third kappa shape index (κ3) is 7.32. The number of carbonyl (C=O) groups excluding carboxylic acids is 2. The summed E-state index contributed by atoms with van der Waals surface area (Å²) < 4.78 is 0. The molecule has 1 unspecified atom stereocenters. The zero-order valence-corrected chi connectivity index (χ0v) is 20.7. The Balaban J connectivity index is 1.65. The van der Waals surface area contributed by atoms with Crippen LogP contribution in [0.2, 0.25) is 0 Å². The van der Waals surface area contributed by atoms with Crippen LogP contribution in [0.4, 0.5) is 5.69 Å². The number of nitrogens with zero attached hydrogens (tertiary/aromatic N) is 2. The maximum absolute atomic E-state index is 13.3. The number of amides is 2. The van der Waals surface area contributed by atoms with Gasteiger partial charge in [-0.1, -0.05) is 55.7 Å². The summed E-state index contributed by atoms with van der Waals surface area (Å²) in [7, 11) is 0. The van der Waals surface area contributed by atoms with Crippen molar-refractivity contribution in [1.82, 2.24) is 10.2 Å². The highest BCUT2D eigenvalue weighted by molar-refractivity contribution is 7.99. The van der Waals surface area contributed by atoms with Crippen molar-refractivity contribution in [2.45, 2.75) is 70.3 Å². The van der Waals surface area contributed by atoms with Gasteiger partial charge in [-0.15, -0.1) is 11.8 Å². The van der Waals surface area contributed by atoms with Gasteiger partial charge in [-0.25, -0.2) is 0 Å². The summed E-state index contributed by atoms with van der Waals surface area (Å²) >= 11 is 1.44. The minimum absolute atomic E-state index is 0.0482. The summed E-state index contributed by atoms with van der Waals surface area (Å²) in [4.78, 5) is 38.4. The molecule has 1 fully saturated rings. The molecule has 182 valence electrons. The Labute approximate surface area is 205 Å². The molecule has 0 heterocycles. The number of hydrogen-bond donors (Lipinski definition) is 1. The number of aryl methyl sites for hydroxylation is 1. The Hall–Kier alpha value is -2.87. The molecule has 0 saturated heterocycles. The predicted octanol–water partition coefficient (Wildman–Crippen LogP) is 5.00. The smallest absolute Gasteiger partial charge is 0.269 e. The lowest BCUT2D eigenvalue weighted by atomic mass is 9.95. The number of rotatable bonds is 10. The van der Waals surface area contributed by atoms with Crippen LogP contribution in [0.25, 0.3) is 0 Å². The van der Waals surface area contributed by atoms with Crippen molar-refractivity contribution in [1.29, 1.82) is 0 Å². The van der Waals surface area contributed by atoms with Gasteiger partial charge < -0.3 is 10.2 Å². The van der Waals surface area contributed by atoms with Crippen molar-refractivity contribution in [2.75, 3.05) is 5.75 Å². The summed E-state index contributed by atoms with van der Waals surface area (Å²) in [6.07, 6.45) is 5.46. The van der Waals surface area contributed by atoms with Crippen LogP contribution in [0.15, 0.2) is 48.5 Å². The Morgan fingerprint density at radius 1 is 1.12 bits per heavy atom. The standard InChI is InChI=1S/C26H33N3O4S/c1-19-8-6-7-9-22(19)16-28(20(2)26(31)27-23-10-4-3-5-11-23)25(30)18-34-17-21-12-14-24(15-13-21)29(32)33/h6-9,12-15,20,23H,3-5,10-11,16-18H2,1-2H3,(H,27,31). The highest BCUT2D eigenvalue weighted by atomic mass is 32.2. The summed E-state index contributed by atoms with van der Waals surface area (Å²) in [6.45, 7) is 4.19. The molecule has 34 heavy (non-hydrogen) atoms. The average Bonchev–Trinajstić information content (AvgIpc) is 2.84. The fraction of sp³-hybridized carbons (Fsp3) is 0.462. The molecule has 1 atom stereocenters. The molecule has 2 aromatic rings. The number of hydrogen-bond acceptors (Lipinski definition) is 5. The molecular weight excluding hydrogens is 450 g/mol. The number of nitrogens with one attached hydrogen (secondary N) is 1. The molecule has 2 amide bonds. The average molecular weight is 484 g/mol. The Kier molecular flexibility index (Phi) is 9.51. The van der Waals surface area contributed by atoms with E-state index in [4.69, 9.17) is 0 Å². The first kappa shape index (κ1) is 25.7. The third-order valence-electron chi connectivity index (χ3n) is 6.36. The molecule has 0 aliphatic heterocycles. The lowest BCUT2D eigenvalue weighted by Gasteiger charge is -2.31. The fourth-order valence-corrected chi connectivity index (χ4v) is 5.05. The predicted molar refractivity (Wildman–Crippen MR) is 135 cm³/mol. The lowest BCUT2D eigenvalue weighted by Crippen LogP contribution is -2.50. The number of carbonyl (C=O) groups is 2. The van der Waals surface area contributed by atoms with Crippen molar-refractivity contribution in [3.8, 4) is 0 Å². The number of nitro groups is 1. The normalized spacial score (nSPS) is 14.9. The first-order valence-corrected chi connectivity index (χ1v) is 13.0. The van der Waals surface area contributed by atoms with Crippen molar-refractivity contribution >= 4 is 29.3 Å². The van der Waals surface area contributed by atoms with E-state index in [1.54, 1.807) is 24.0 Å². The molecule has 0 bridgehead atoms. The quantitative estimate of drug-likeness (QED) is 0.379. The van der Waals surface area contributed by atoms with E-state index in [2.05, 4.69) is 5.32 Å². The molecule has 1 aliphatic rings. The second kappa shape index (κ2) is 12.6. The summed E-state index contributed by atoms with van der Waals surface area (Å²) in [5.74, 6) is 0.588. The molecule has 0 spiro atoms. The lowest BCUT2D eigenvalue weighted by molar-refractivity contribution is -0.384. The number of nitro benzene ring substituents is 1. The Bertz CT molecular complexity index is 990. The molecule has 1 aliphatic carbocycles. The molecule has 1 N–H and O–H groups in total. The SMILES string of the molecule is Cc1ccccc1CN(C(=O)CSCc1ccc([N+](=O)[O-])cc1)C(C)C(=O)NC1CCCCC1. The molecule has 0 aromatic heterocycles. The highest BCUT2D eigenvalue weighted by Crippen LogP contribution is 2.21. The van der Waals surface area contributed by atoms with E-state index in [0.717, 1.165) is 42.4 Å². The molecule has 2 aromatic carbocycles. The van der Waals surface area contributed by atoms with E-state index < -0.39 is 11.0 Å². The van der Waals surface area contributed by atoms with E-state index >= 15 is 0 Å². The van der Waals surface area contributed by atoms with Gasteiger partial charge in [0.25, 0.3) is 5.69 Å². The van der Waals surface area contributed by atoms with E-state index in [0.29, 0.717) is 12.3 Å². The number of benzene rings is 2. The van der Waals surface area contributed by atoms with Crippen molar-refractivity contribution in [2.24, 2.45) is 0 Å². The van der Waals surface area contributed by atoms with Crippen LogP contribution < -0.4 is 5.32 Å². The maximum Gasteiger partial charge on any atom is 0.269 e. The van der Waals surface area contributed by atoms with Gasteiger partial charge in [-0.3, -0.25) is 19.7 Å². The highest BCUT2D eigenvalue weighted by Gasteiger charge is 2.28. The number of non-ortho nitro benzene ring substituents is 1. The maximum atomic E-state index is 13.3. The molecule has 0 radical (unpaired) electrons. The topological polar surface area (TPSA) is 92.6 Å². The van der Waals surface area contributed by atoms with Crippen LogP contribution in [0.5, 0.6) is 0 Å². The van der Waals surface area contributed by atoms with Crippen LogP contribution in [-0.4, -0.2) is 39.5 Å². The molecule has 3 rings (SSSR count). The van der Waals surface area contributed by atoms with Gasteiger partial charge in [0, 0.05) is 30.5 Å². The number of thioether (sulfide) groups is 1. The van der Waals surface area contributed by atoms with E-state index in [1.165, 1.54) is 30.3 Å².